The van der Waals surface area contributed by atoms with Crippen molar-refractivity contribution in [1.82, 2.24) is 9.71 Å². The van der Waals surface area contributed by atoms with Gasteiger partial charge < -0.3 is 4.74 Å². The lowest BCUT2D eigenvalue weighted by Gasteiger charge is -2.17. The molecule has 0 bridgehead atoms. The number of rotatable bonds is 8. The van der Waals surface area contributed by atoms with Crippen LogP contribution in [0.25, 0.3) is 21.3 Å². The van der Waals surface area contributed by atoms with E-state index in [1.807, 2.05) is 10.8 Å². The van der Waals surface area contributed by atoms with Crippen LogP contribution in [0.1, 0.15) is 10.3 Å². The number of sulfone groups is 1. The second kappa shape index (κ2) is 11.1. The van der Waals surface area contributed by atoms with Crippen molar-refractivity contribution in [2.24, 2.45) is 5.14 Å². The van der Waals surface area contributed by atoms with Gasteiger partial charge in [-0.2, -0.15) is 13.1 Å². The highest BCUT2D eigenvalue weighted by atomic mass is 35.5. The summed E-state index contributed by atoms with van der Waals surface area (Å²) in [6, 6.07) is 18.0. The number of hydrogen-bond acceptors (Lipinski definition) is 9. The monoisotopic (exact) mass is 611 g/mol. The molecular weight excluding hydrogens is 593 g/mol. The summed E-state index contributed by atoms with van der Waals surface area (Å²) in [4.78, 5) is 4.37. The van der Waals surface area contributed by atoms with Crippen molar-refractivity contribution in [2.45, 2.75) is 10.1 Å². The number of halogens is 2. The lowest BCUT2D eigenvalue weighted by molar-refractivity contribution is 0.497. The second-order valence-corrected chi connectivity index (χ2v) is 13.1. The summed E-state index contributed by atoms with van der Waals surface area (Å²) in [5, 5.41) is 20.3. The molecule has 1 unspecified atom stereocenters. The molecule has 0 fully saturated rings. The molecule has 0 aliphatic rings. The third kappa shape index (κ3) is 6.38. The molecule has 0 spiro atoms. The van der Waals surface area contributed by atoms with E-state index in [1.54, 1.807) is 36.4 Å². The van der Waals surface area contributed by atoms with Gasteiger partial charge in [0.1, 0.15) is 5.01 Å². The SMILES string of the molecule is N=C(CNS(N)(=O)=O)OC(=N)C(c1nc2ccc(-c3ccc(Cl)c(Cl)c3)cc2s1)S(=O)(=O)c1ccccc1. The minimum atomic E-state index is -4.26. The van der Waals surface area contributed by atoms with Crippen LogP contribution in [0.4, 0.5) is 0 Å². The van der Waals surface area contributed by atoms with Crippen molar-refractivity contribution in [1.29, 1.82) is 10.8 Å². The van der Waals surface area contributed by atoms with Crippen LogP contribution in [0.5, 0.6) is 0 Å². The molecule has 15 heteroatoms. The zero-order valence-electron chi connectivity index (χ0n) is 19.2. The fraction of sp³-hybridized carbons (Fsp3) is 0.0870. The van der Waals surface area contributed by atoms with Gasteiger partial charge in [-0.25, -0.2) is 18.5 Å². The zero-order chi connectivity index (χ0) is 27.7. The molecule has 1 heterocycles. The first-order valence-electron chi connectivity index (χ1n) is 10.6. The summed E-state index contributed by atoms with van der Waals surface area (Å²) < 4.78 is 57.1. The van der Waals surface area contributed by atoms with Crippen LogP contribution in [0.2, 0.25) is 10.0 Å². The highest BCUT2D eigenvalue weighted by Gasteiger charge is 2.38. The first-order valence-corrected chi connectivity index (χ1v) is 15.3. The summed E-state index contributed by atoms with van der Waals surface area (Å²) in [6.07, 6.45) is 0. The highest BCUT2D eigenvalue weighted by Crippen LogP contribution is 2.37. The number of fused-ring (bicyclic) bond motifs is 1. The Morgan fingerprint density at radius 1 is 0.974 bits per heavy atom. The third-order valence-corrected chi connectivity index (χ3v) is 9.67. The Morgan fingerprint density at radius 3 is 2.29 bits per heavy atom. The van der Waals surface area contributed by atoms with Crippen molar-refractivity contribution in [3.8, 4) is 11.1 Å². The van der Waals surface area contributed by atoms with Crippen molar-refractivity contribution < 1.29 is 21.6 Å². The van der Waals surface area contributed by atoms with Crippen LogP contribution in [0.3, 0.4) is 0 Å². The van der Waals surface area contributed by atoms with Gasteiger partial charge in [0.15, 0.2) is 15.1 Å². The average molecular weight is 613 g/mol. The maximum Gasteiger partial charge on any atom is 0.274 e. The smallest absolute Gasteiger partial charge is 0.274 e. The van der Waals surface area contributed by atoms with Crippen LogP contribution >= 0.6 is 34.5 Å². The first-order chi connectivity index (χ1) is 17.8. The van der Waals surface area contributed by atoms with Crippen LogP contribution in [0.15, 0.2) is 71.6 Å². The summed E-state index contributed by atoms with van der Waals surface area (Å²) in [5.74, 6) is -1.54. The molecule has 0 saturated heterocycles. The fourth-order valence-corrected chi connectivity index (χ4v) is 7.03. The van der Waals surface area contributed by atoms with E-state index in [4.69, 9.17) is 43.9 Å². The molecule has 3 aromatic carbocycles. The lowest BCUT2D eigenvalue weighted by Crippen LogP contribution is -2.37. The largest absolute Gasteiger partial charge is 0.426 e. The van der Waals surface area contributed by atoms with Gasteiger partial charge in [0.05, 0.1) is 31.7 Å². The van der Waals surface area contributed by atoms with E-state index in [2.05, 4.69) is 4.98 Å². The molecule has 4 aromatic rings. The molecule has 38 heavy (non-hydrogen) atoms. The number of nitrogens with zero attached hydrogens (tertiary/aromatic N) is 1. The standard InChI is InChI=1S/C23H19Cl2N5O5S3/c24-16-8-6-13(10-17(16)25)14-7-9-18-19(11-14)36-23(30-18)21(37(31,32)15-4-2-1-3-5-15)22(27)35-20(26)12-29-38(28,33)34/h1-11,21,26-27,29H,12H2,(H2,28,33,34). The predicted octanol–water partition coefficient (Wildman–Crippen LogP) is 4.55. The Balaban J connectivity index is 1.74. The molecule has 0 aliphatic heterocycles. The Labute approximate surface area is 232 Å². The van der Waals surface area contributed by atoms with Crippen molar-refractivity contribution in [3.05, 3.63) is 81.8 Å². The van der Waals surface area contributed by atoms with Gasteiger partial charge >= 0.3 is 0 Å². The number of aromatic nitrogens is 1. The normalized spacial score (nSPS) is 12.8. The number of nitrogens with one attached hydrogen (secondary N) is 3. The maximum absolute atomic E-state index is 13.6. The van der Waals surface area contributed by atoms with E-state index in [0.717, 1.165) is 22.5 Å². The molecule has 4 rings (SSSR count). The molecule has 0 saturated carbocycles. The van der Waals surface area contributed by atoms with Gasteiger partial charge in [0.2, 0.25) is 11.8 Å². The Morgan fingerprint density at radius 2 is 1.63 bits per heavy atom. The summed E-state index contributed by atoms with van der Waals surface area (Å²) in [7, 11) is -8.39. The van der Waals surface area contributed by atoms with Crippen LogP contribution < -0.4 is 9.86 Å². The second-order valence-electron chi connectivity index (χ2n) is 7.86. The third-order valence-electron chi connectivity index (χ3n) is 5.17. The van der Waals surface area contributed by atoms with Crippen molar-refractivity contribution in [3.63, 3.8) is 0 Å². The fourth-order valence-electron chi connectivity index (χ4n) is 3.43. The number of hydrogen-bond donors (Lipinski definition) is 4. The van der Waals surface area contributed by atoms with Gasteiger partial charge in [-0.1, -0.05) is 53.5 Å². The highest BCUT2D eigenvalue weighted by molar-refractivity contribution is 7.92. The molecule has 10 nitrogen and oxygen atoms in total. The van der Waals surface area contributed by atoms with E-state index >= 15 is 0 Å². The van der Waals surface area contributed by atoms with Gasteiger partial charge in [-0.15, -0.1) is 11.3 Å². The predicted molar refractivity (Wildman–Crippen MR) is 149 cm³/mol. The van der Waals surface area contributed by atoms with Gasteiger partial charge in [-0.3, -0.25) is 10.8 Å². The number of thiazole rings is 1. The van der Waals surface area contributed by atoms with Crippen molar-refractivity contribution >= 4 is 76.6 Å². The Hall–Kier alpha value is -2.91. The van der Waals surface area contributed by atoms with Gasteiger partial charge in [0, 0.05) is 0 Å². The number of nitrogens with two attached hydrogens (primary N) is 1. The van der Waals surface area contributed by atoms with Crippen LogP contribution in [-0.2, 0) is 24.8 Å². The zero-order valence-corrected chi connectivity index (χ0v) is 23.1. The van der Waals surface area contributed by atoms with Crippen LogP contribution in [-0.4, -0.2) is 40.2 Å². The van der Waals surface area contributed by atoms with E-state index in [9.17, 15) is 16.8 Å². The lowest BCUT2D eigenvalue weighted by atomic mass is 10.1. The van der Waals surface area contributed by atoms with Gasteiger partial charge in [-0.05, 0) is 47.5 Å². The molecule has 1 atom stereocenters. The maximum atomic E-state index is 13.6. The van der Waals surface area contributed by atoms with E-state index < -0.39 is 43.6 Å². The van der Waals surface area contributed by atoms with E-state index in [1.165, 1.54) is 24.3 Å². The molecule has 1 aromatic heterocycles. The first kappa shape index (κ1) is 28.1. The molecule has 198 valence electrons. The molecule has 0 radical (unpaired) electrons. The van der Waals surface area contributed by atoms with Gasteiger partial charge in [0.25, 0.3) is 10.2 Å². The summed E-state index contributed by atoms with van der Waals surface area (Å²) in [5.41, 5.74) is 2.06. The van der Waals surface area contributed by atoms with E-state index in [-0.39, 0.29) is 9.90 Å². The average Bonchev–Trinajstić information content (AvgIpc) is 3.27. The molecule has 0 aliphatic carbocycles. The minimum Gasteiger partial charge on any atom is -0.426 e. The number of benzene rings is 3. The summed E-state index contributed by atoms with van der Waals surface area (Å²) >= 11 is 13.2. The van der Waals surface area contributed by atoms with Crippen LogP contribution in [0, 0.1) is 10.8 Å². The minimum absolute atomic E-state index is 0.0346. The Bertz CT molecular complexity index is 1760. The molecular formula is C23H19Cl2N5O5S3. The topological polar surface area (TPSA) is 176 Å². The van der Waals surface area contributed by atoms with E-state index in [0.29, 0.717) is 20.3 Å². The molecule has 5 N–H and O–H groups in total. The van der Waals surface area contributed by atoms with Crippen molar-refractivity contribution in [2.75, 3.05) is 6.54 Å². The number of ether oxygens (including phenoxy) is 1. The molecule has 0 amide bonds. The quantitative estimate of drug-likeness (QED) is 0.168. The Kier molecular flexibility index (Phi) is 8.18. The summed E-state index contributed by atoms with van der Waals surface area (Å²) in [6.45, 7) is -0.674.